The summed E-state index contributed by atoms with van der Waals surface area (Å²) in [6, 6.07) is 29.8. The quantitative estimate of drug-likeness (QED) is 0.187. The van der Waals surface area contributed by atoms with E-state index in [-0.39, 0.29) is 11.8 Å². The van der Waals surface area contributed by atoms with Crippen molar-refractivity contribution in [2.45, 2.75) is 43.6 Å². The van der Waals surface area contributed by atoms with E-state index in [1.807, 2.05) is 29.2 Å². The number of amides is 2. The normalized spacial score (nSPS) is 15.7. The first-order valence-corrected chi connectivity index (χ1v) is 15.8. The number of rotatable bonds is 7. The zero-order valence-corrected chi connectivity index (χ0v) is 25.6. The molecule has 0 unspecified atom stereocenters. The van der Waals surface area contributed by atoms with Gasteiger partial charge in [0.05, 0.1) is 11.6 Å². The lowest BCUT2D eigenvalue weighted by molar-refractivity contribution is 0.0711. The third kappa shape index (κ3) is 5.60. The van der Waals surface area contributed by atoms with Crippen LogP contribution in [0, 0.1) is 0 Å². The van der Waals surface area contributed by atoms with Gasteiger partial charge in [-0.1, -0.05) is 53.5 Å². The van der Waals surface area contributed by atoms with Gasteiger partial charge in [-0.25, -0.2) is 0 Å². The number of likely N-dealkylation sites (tertiary alicyclic amines) is 1. The Morgan fingerprint density at radius 2 is 1.27 bits per heavy atom. The summed E-state index contributed by atoms with van der Waals surface area (Å²) in [6.45, 7) is 1.33. The summed E-state index contributed by atoms with van der Waals surface area (Å²) in [5.41, 5.74) is 12.1. The molecule has 7 rings (SSSR count). The van der Waals surface area contributed by atoms with Crippen LogP contribution in [0.15, 0.2) is 91.0 Å². The van der Waals surface area contributed by atoms with E-state index in [2.05, 4.69) is 47.1 Å². The number of fused-ring (bicyclic) bond motifs is 1. The van der Waals surface area contributed by atoms with Gasteiger partial charge in [-0.3, -0.25) is 14.3 Å². The number of halogens is 2. The van der Waals surface area contributed by atoms with E-state index < -0.39 is 5.91 Å². The molecule has 222 valence electrons. The Kier molecular flexibility index (Phi) is 7.65. The number of nitrogens with two attached hydrogens (primary N) is 1. The van der Waals surface area contributed by atoms with Crippen LogP contribution in [0.4, 0.5) is 0 Å². The van der Waals surface area contributed by atoms with Gasteiger partial charge in [-0.05, 0) is 103 Å². The molecule has 1 saturated carbocycles. The molecule has 2 N–H and O–H groups in total. The van der Waals surface area contributed by atoms with E-state index in [0.29, 0.717) is 46.2 Å². The summed E-state index contributed by atoms with van der Waals surface area (Å²) in [6.07, 6.45) is 4.01. The largest absolute Gasteiger partial charge is 0.366 e. The predicted molar refractivity (Wildman–Crippen MR) is 175 cm³/mol. The van der Waals surface area contributed by atoms with Crippen molar-refractivity contribution in [1.29, 1.82) is 0 Å². The summed E-state index contributed by atoms with van der Waals surface area (Å²) in [5, 5.41) is 7.71. The van der Waals surface area contributed by atoms with Crippen LogP contribution in [0.25, 0.3) is 10.9 Å². The van der Waals surface area contributed by atoms with Crippen molar-refractivity contribution in [2.24, 2.45) is 5.73 Å². The lowest BCUT2D eigenvalue weighted by atomic mass is 9.84. The molecule has 4 aromatic carbocycles. The van der Waals surface area contributed by atoms with E-state index in [0.717, 1.165) is 42.3 Å². The first-order valence-electron chi connectivity index (χ1n) is 15.1. The highest BCUT2D eigenvalue weighted by molar-refractivity contribution is 6.30. The Bertz CT molecular complexity index is 1790. The molecule has 1 aromatic heterocycles. The maximum atomic E-state index is 13.3. The standard InChI is InChI=1S/C36H32Cl2N4O2/c37-28-10-5-22(6-11-28)33(23-7-12-29(38)13-8-23)27-9-16-32-31(21-27)34(42(40-32)30-14-15-30)24-17-19-41(20-18-24)36(44)26-3-1-25(2-4-26)35(39)43/h1-13,16,21,24,30,33H,14-15,17-20H2,(H2,39,43). The smallest absolute Gasteiger partial charge is 0.253 e. The molecule has 8 heteroatoms. The van der Waals surface area contributed by atoms with Gasteiger partial charge in [-0.15, -0.1) is 0 Å². The molecule has 5 aromatic rings. The van der Waals surface area contributed by atoms with Gasteiger partial charge in [0, 0.05) is 57.2 Å². The van der Waals surface area contributed by atoms with Crippen molar-refractivity contribution in [1.82, 2.24) is 14.7 Å². The van der Waals surface area contributed by atoms with Crippen molar-refractivity contribution in [3.8, 4) is 0 Å². The predicted octanol–water partition coefficient (Wildman–Crippen LogP) is 7.98. The summed E-state index contributed by atoms with van der Waals surface area (Å²) in [7, 11) is 0. The maximum absolute atomic E-state index is 13.3. The first kappa shape index (κ1) is 28.6. The van der Waals surface area contributed by atoms with Crippen LogP contribution in [0.2, 0.25) is 10.0 Å². The SMILES string of the molecule is NC(=O)c1ccc(C(=O)N2CCC(c3c4cc(C(c5ccc(Cl)cc5)c5ccc(Cl)cc5)ccc4nn3C3CC3)CC2)cc1. The summed E-state index contributed by atoms with van der Waals surface area (Å²) >= 11 is 12.5. The number of hydrogen-bond donors (Lipinski definition) is 1. The van der Waals surface area contributed by atoms with Crippen LogP contribution < -0.4 is 5.73 Å². The van der Waals surface area contributed by atoms with Crippen molar-refractivity contribution in [3.63, 3.8) is 0 Å². The van der Waals surface area contributed by atoms with E-state index in [4.69, 9.17) is 34.0 Å². The van der Waals surface area contributed by atoms with Gasteiger partial charge >= 0.3 is 0 Å². The maximum Gasteiger partial charge on any atom is 0.253 e. The molecule has 2 heterocycles. The van der Waals surface area contributed by atoms with E-state index in [9.17, 15) is 9.59 Å². The molecule has 6 nitrogen and oxygen atoms in total. The number of carbonyl (C=O) groups excluding carboxylic acids is 2. The van der Waals surface area contributed by atoms with Crippen molar-refractivity contribution in [2.75, 3.05) is 13.1 Å². The highest BCUT2D eigenvalue weighted by Gasteiger charge is 2.34. The molecule has 2 amide bonds. The minimum Gasteiger partial charge on any atom is -0.366 e. The van der Waals surface area contributed by atoms with E-state index in [1.165, 1.54) is 16.6 Å². The van der Waals surface area contributed by atoms with Crippen molar-refractivity contribution < 1.29 is 9.59 Å². The molecule has 0 radical (unpaired) electrons. The highest BCUT2D eigenvalue weighted by Crippen LogP contribution is 2.43. The molecular formula is C36H32Cl2N4O2. The number of nitrogens with zero attached hydrogens (tertiary/aromatic N) is 3. The monoisotopic (exact) mass is 622 g/mol. The number of carbonyl (C=O) groups is 2. The molecule has 0 bridgehead atoms. The topological polar surface area (TPSA) is 81.2 Å². The second-order valence-corrected chi connectivity index (χ2v) is 12.8. The molecule has 0 spiro atoms. The number of benzene rings is 4. The molecule has 2 aliphatic rings. The van der Waals surface area contributed by atoms with Gasteiger partial charge in [0.2, 0.25) is 5.91 Å². The van der Waals surface area contributed by atoms with Gasteiger partial charge in [0.25, 0.3) is 5.91 Å². The van der Waals surface area contributed by atoms with E-state index >= 15 is 0 Å². The average Bonchev–Trinajstić information content (AvgIpc) is 3.83. The molecule has 44 heavy (non-hydrogen) atoms. The van der Waals surface area contributed by atoms with Crippen LogP contribution in [-0.4, -0.2) is 39.6 Å². The second kappa shape index (κ2) is 11.8. The number of primary amides is 1. The van der Waals surface area contributed by atoms with Crippen LogP contribution in [0.5, 0.6) is 0 Å². The molecule has 2 fully saturated rings. The lowest BCUT2D eigenvalue weighted by Crippen LogP contribution is -2.38. The third-order valence-electron chi connectivity index (χ3n) is 8.98. The summed E-state index contributed by atoms with van der Waals surface area (Å²) in [4.78, 5) is 26.6. The average molecular weight is 624 g/mol. The second-order valence-electron chi connectivity index (χ2n) is 11.9. The Balaban J connectivity index is 1.21. The van der Waals surface area contributed by atoms with Crippen LogP contribution in [-0.2, 0) is 0 Å². The zero-order chi connectivity index (χ0) is 30.4. The molecule has 0 atom stereocenters. The van der Waals surface area contributed by atoms with Crippen LogP contribution in [0.3, 0.4) is 0 Å². The number of piperidine rings is 1. The Morgan fingerprint density at radius 3 is 1.82 bits per heavy atom. The van der Waals surface area contributed by atoms with Gasteiger partial charge in [0.15, 0.2) is 0 Å². The minimum atomic E-state index is -0.500. The Morgan fingerprint density at radius 1 is 0.727 bits per heavy atom. The number of aromatic nitrogens is 2. The Labute approximate surface area is 266 Å². The molecule has 1 saturated heterocycles. The third-order valence-corrected chi connectivity index (χ3v) is 9.48. The lowest BCUT2D eigenvalue weighted by Gasteiger charge is -2.32. The zero-order valence-electron chi connectivity index (χ0n) is 24.1. The number of hydrogen-bond acceptors (Lipinski definition) is 3. The first-order chi connectivity index (χ1) is 21.4. The van der Waals surface area contributed by atoms with Gasteiger partial charge in [0.1, 0.15) is 0 Å². The Hall–Kier alpha value is -4.13. The van der Waals surface area contributed by atoms with Gasteiger partial charge < -0.3 is 10.6 Å². The highest BCUT2D eigenvalue weighted by atomic mass is 35.5. The fourth-order valence-corrected chi connectivity index (χ4v) is 6.78. The minimum absolute atomic E-state index is 0.00600. The van der Waals surface area contributed by atoms with E-state index in [1.54, 1.807) is 24.3 Å². The fraction of sp³-hybridized carbons (Fsp3) is 0.250. The fourth-order valence-electron chi connectivity index (χ4n) is 6.53. The van der Waals surface area contributed by atoms with Gasteiger partial charge in [-0.2, -0.15) is 5.10 Å². The molecular weight excluding hydrogens is 591 g/mol. The molecule has 1 aliphatic carbocycles. The molecule has 1 aliphatic heterocycles. The van der Waals surface area contributed by atoms with Crippen LogP contribution >= 0.6 is 23.2 Å². The summed E-state index contributed by atoms with van der Waals surface area (Å²) < 4.78 is 2.28. The van der Waals surface area contributed by atoms with Crippen molar-refractivity contribution >= 4 is 45.9 Å². The van der Waals surface area contributed by atoms with Crippen LogP contribution in [0.1, 0.15) is 86.7 Å². The summed E-state index contributed by atoms with van der Waals surface area (Å²) in [5.74, 6) is -0.218. The van der Waals surface area contributed by atoms with Crippen molar-refractivity contribution in [3.05, 3.63) is 135 Å².